The van der Waals surface area contributed by atoms with Crippen LogP contribution in [0.25, 0.3) is 0 Å². The number of allylic oxidation sites excluding steroid dienone is 3. The maximum absolute atomic E-state index is 14.4. The third kappa shape index (κ3) is 9.71. The molecule has 1 aromatic carbocycles. The van der Waals surface area contributed by atoms with Crippen LogP contribution in [0, 0.1) is 17.8 Å². The quantitative estimate of drug-likeness (QED) is 0.239. The van der Waals surface area contributed by atoms with Gasteiger partial charge in [-0.2, -0.15) is 0 Å². The Bertz CT molecular complexity index is 2290. The summed E-state index contributed by atoms with van der Waals surface area (Å²) in [6.07, 6.45) is 1.84. The van der Waals surface area contributed by atoms with Gasteiger partial charge in [-0.1, -0.05) is 68.0 Å². The molecule has 0 amide bonds. The first-order valence-corrected chi connectivity index (χ1v) is 26.5. The van der Waals surface area contributed by atoms with E-state index in [0.29, 0.717) is 63.4 Å². The number of Topliss-reactive ketones (excluding diaryl/α,β-unsaturated/α-hetero) is 2. The SMILES string of the molecule is CC1=C\[C@H](C)C[C@@]2(C)CC[C@@H](O2)[C@@]23CC[C@@](C(=O)OCC(=O)c4ccccc4)(C[C@@H](O2)[C@H]2O[C@](C)(CC2=O)[C@@H](O)[C@@H]2CC[C@@]4(CCC[C@H](O4)[C@@H](C)C(=O)O[C@@H]4C[C@@H]([C@@]5(O)OCC[C@@H](C)[C@H]5O)O[C@@H]4\C=C\1)O2)O3. The van der Waals surface area contributed by atoms with Crippen LogP contribution in [0.4, 0.5) is 0 Å². The van der Waals surface area contributed by atoms with Crippen LogP contribution in [0.5, 0.6) is 0 Å². The average molecular weight is 1010 g/mol. The van der Waals surface area contributed by atoms with Gasteiger partial charge in [-0.15, -0.1) is 0 Å². The topological polar surface area (TPSA) is 221 Å². The number of ketones is 2. The van der Waals surface area contributed by atoms with Crippen molar-refractivity contribution in [3.8, 4) is 0 Å². The Morgan fingerprint density at radius 1 is 0.806 bits per heavy atom. The van der Waals surface area contributed by atoms with Crippen LogP contribution < -0.4 is 0 Å². The van der Waals surface area contributed by atoms with Crippen molar-refractivity contribution in [3.05, 3.63) is 59.7 Å². The molecular formula is C55H74O17. The fraction of sp³-hybridized carbons (Fsp3) is 0.745. The van der Waals surface area contributed by atoms with Crippen molar-refractivity contribution in [1.29, 1.82) is 0 Å². The Kier molecular flexibility index (Phi) is 14.2. The highest BCUT2D eigenvalue weighted by molar-refractivity contribution is 5.98. The molecule has 0 aromatic heterocycles. The van der Waals surface area contributed by atoms with E-state index in [1.165, 1.54) is 0 Å². The fourth-order valence-corrected chi connectivity index (χ4v) is 13.4. The first-order chi connectivity index (χ1) is 34.2. The second kappa shape index (κ2) is 19.6. The number of fused-ring (bicyclic) bond motifs is 10. The van der Waals surface area contributed by atoms with E-state index < -0.39 is 120 Å². The van der Waals surface area contributed by atoms with Crippen molar-refractivity contribution in [3.63, 3.8) is 0 Å². The van der Waals surface area contributed by atoms with Gasteiger partial charge in [0.15, 0.2) is 35.3 Å². The summed E-state index contributed by atoms with van der Waals surface area (Å²) in [7, 11) is 0. The lowest BCUT2D eigenvalue weighted by Gasteiger charge is -2.46. The second-order valence-electron chi connectivity index (χ2n) is 23.2. The summed E-state index contributed by atoms with van der Waals surface area (Å²) < 4.78 is 65.0. The summed E-state index contributed by atoms with van der Waals surface area (Å²) in [6.45, 7) is 11.1. The molecule has 0 aliphatic carbocycles. The molecule has 0 saturated carbocycles. The van der Waals surface area contributed by atoms with Gasteiger partial charge in [0.25, 0.3) is 0 Å². The third-order valence-corrected chi connectivity index (χ3v) is 17.4. The summed E-state index contributed by atoms with van der Waals surface area (Å²) in [5.74, 6) is -7.44. The first-order valence-electron chi connectivity index (χ1n) is 26.5. The van der Waals surface area contributed by atoms with Crippen LogP contribution in [-0.2, 0) is 61.8 Å². The molecule has 10 bridgehead atoms. The number of aliphatic hydroxyl groups excluding tert-OH is 2. The van der Waals surface area contributed by atoms with Gasteiger partial charge in [-0.3, -0.25) is 14.4 Å². The lowest BCUT2D eigenvalue weighted by Crippen LogP contribution is -2.60. The molecule has 8 saturated heterocycles. The lowest BCUT2D eigenvalue weighted by atomic mass is 9.87. The first kappa shape index (κ1) is 52.0. The molecule has 72 heavy (non-hydrogen) atoms. The van der Waals surface area contributed by atoms with Crippen molar-refractivity contribution >= 4 is 23.5 Å². The lowest BCUT2D eigenvalue weighted by molar-refractivity contribution is -0.358. The van der Waals surface area contributed by atoms with E-state index in [9.17, 15) is 34.5 Å². The van der Waals surface area contributed by atoms with E-state index in [1.54, 1.807) is 44.2 Å². The molecule has 9 aliphatic rings. The van der Waals surface area contributed by atoms with Gasteiger partial charge in [0.05, 0.1) is 36.4 Å². The summed E-state index contributed by atoms with van der Waals surface area (Å²) in [5, 5.41) is 35.1. The van der Waals surface area contributed by atoms with Crippen LogP contribution in [0.1, 0.15) is 142 Å². The number of benzene rings is 1. The molecule has 1 aromatic rings. The molecule has 17 nitrogen and oxygen atoms in total. The number of carbonyl (C=O) groups excluding carboxylic acids is 4. The number of rotatable bonds is 5. The Hall–Kier alpha value is -3.46. The van der Waals surface area contributed by atoms with E-state index in [1.807, 2.05) is 32.9 Å². The van der Waals surface area contributed by atoms with Crippen LogP contribution in [-0.4, -0.2) is 147 Å². The van der Waals surface area contributed by atoms with E-state index >= 15 is 0 Å². The normalized spacial score (nSPS) is 48.8. The predicted octanol–water partition coefficient (Wildman–Crippen LogP) is 5.66. The molecule has 9 heterocycles. The minimum atomic E-state index is -2.00. The smallest absolute Gasteiger partial charge is 0.339 e. The molecule has 9 aliphatic heterocycles. The number of carbonyl (C=O) groups is 4. The molecule has 0 radical (unpaired) electrons. The predicted molar refractivity (Wildman–Crippen MR) is 254 cm³/mol. The Balaban J connectivity index is 0.943. The Labute approximate surface area is 421 Å². The van der Waals surface area contributed by atoms with Gasteiger partial charge in [0, 0.05) is 44.1 Å². The van der Waals surface area contributed by atoms with Gasteiger partial charge in [-0.25, -0.2) is 4.79 Å². The molecule has 19 atom stereocenters. The monoisotopic (exact) mass is 1010 g/mol. The van der Waals surface area contributed by atoms with Crippen molar-refractivity contribution in [2.45, 2.75) is 227 Å². The van der Waals surface area contributed by atoms with Gasteiger partial charge in [-0.05, 0) is 90.9 Å². The fourth-order valence-electron chi connectivity index (χ4n) is 13.4. The average Bonchev–Trinajstić information content (AvgIpc) is 4.18. The molecule has 2 spiro atoms. The largest absolute Gasteiger partial charge is 0.459 e. The molecule has 10 rings (SSSR count). The van der Waals surface area contributed by atoms with Crippen molar-refractivity contribution in [2.24, 2.45) is 17.8 Å². The summed E-state index contributed by atoms with van der Waals surface area (Å²) in [5.41, 5.74) is -2.32. The number of aliphatic hydroxyl groups is 3. The van der Waals surface area contributed by atoms with Gasteiger partial charge in [0.1, 0.15) is 48.3 Å². The molecular weight excluding hydrogens is 933 g/mol. The molecule has 3 N–H and O–H groups in total. The zero-order valence-corrected chi connectivity index (χ0v) is 42.5. The van der Waals surface area contributed by atoms with Gasteiger partial charge in [0.2, 0.25) is 5.79 Å². The zero-order valence-electron chi connectivity index (χ0n) is 42.5. The minimum absolute atomic E-state index is 0.00146. The minimum Gasteiger partial charge on any atom is -0.459 e. The zero-order chi connectivity index (χ0) is 51.0. The van der Waals surface area contributed by atoms with Crippen LogP contribution in [0.2, 0.25) is 0 Å². The van der Waals surface area contributed by atoms with Crippen molar-refractivity contribution < 1.29 is 81.9 Å². The van der Waals surface area contributed by atoms with Crippen molar-refractivity contribution in [1.82, 2.24) is 0 Å². The maximum Gasteiger partial charge on any atom is 0.339 e. The van der Waals surface area contributed by atoms with E-state index in [0.717, 1.165) is 5.57 Å². The van der Waals surface area contributed by atoms with Crippen molar-refractivity contribution in [2.75, 3.05) is 13.2 Å². The number of hydrogen-bond donors (Lipinski definition) is 3. The van der Waals surface area contributed by atoms with Crippen LogP contribution in [0.3, 0.4) is 0 Å². The van der Waals surface area contributed by atoms with Crippen LogP contribution in [0.15, 0.2) is 54.1 Å². The summed E-state index contributed by atoms with van der Waals surface area (Å²) in [4.78, 5) is 55.9. The highest BCUT2D eigenvalue weighted by Crippen LogP contribution is 2.56. The number of esters is 2. The maximum atomic E-state index is 14.4. The summed E-state index contributed by atoms with van der Waals surface area (Å²) in [6, 6.07) is 8.58. The van der Waals surface area contributed by atoms with Gasteiger partial charge >= 0.3 is 11.9 Å². The van der Waals surface area contributed by atoms with E-state index in [-0.39, 0.29) is 62.1 Å². The standard InChI is InChI=1S/C55H74O17/c1-31-14-15-39-41(26-44(65-39)55(62)46(58)33(3)18-24-64-55)66-48(60)34(4)38-13-10-19-53(67-38)21-16-40(68-53)47(59)51(6)28-36(56)45(71-51)42-29-52(49(61)63-30-37(57)35-11-8-7-9-12-35)22-23-54(69-42,72-52)43-17-20-50(5,70-43)27-32(2)25-31/h7-9,11-12,14-15,25,32-34,38-47,58-59,62H,10,13,16-24,26-30H2,1-6H3/b15-14+,31-25+/t32-,33+,34+,38-,39+,40-,41+,42+,43+,44-,45-,46+,47-,50+,51+,52-,53+,54-,55+/m0/s1. The van der Waals surface area contributed by atoms with Crippen LogP contribution >= 0.6 is 0 Å². The Morgan fingerprint density at radius 3 is 2.38 bits per heavy atom. The second-order valence-corrected chi connectivity index (χ2v) is 23.2. The number of ether oxygens (including phenoxy) is 10. The van der Waals surface area contributed by atoms with E-state index in [4.69, 9.17) is 47.4 Å². The number of hydrogen-bond acceptors (Lipinski definition) is 17. The highest BCUT2D eigenvalue weighted by atomic mass is 16.8. The van der Waals surface area contributed by atoms with E-state index in [2.05, 4.69) is 13.0 Å². The molecule has 0 unspecified atom stereocenters. The highest BCUT2D eigenvalue weighted by Gasteiger charge is 2.68. The summed E-state index contributed by atoms with van der Waals surface area (Å²) >= 11 is 0. The third-order valence-electron chi connectivity index (χ3n) is 17.4. The Morgan fingerprint density at radius 2 is 1.58 bits per heavy atom. The van der Waals surface area contributed by atoms with Gasteiger partial charge < -0.3 is 62.7 Å². The molecule has 396 valence electrons. The molecule has 8 fully saturated rings. The molecule has 17 heteroatoms.